The van der Waals surface area contributed by atoms with Crippen molar-refractivity contribution in [2.45, 2.75) is 0 Å². The molecule has 1 rings (SSSR count). The van der Waals surface area contributed by atoms with Crippen molar-refractivity contribution in [2.75, 3.05) is 0 Å². The second-order valence-electron chi connectivity index (χ2n) is 2.48. The van der Waals surface area contributed by atoms with E-state index in [0.717, 1.165) is 0 Å². The second-order valence-corrected chi connectivity index (χ2v) is 3.99. The van der Waals surface area contributed by atoms with Gasteiger partial charge >= 0.3 is 0 Å². The first-order valence-electron chi connectivity index (χ1n) is 3.54. The molecule has 0 amide bonds. The molecule has 1 aromatic rings. The van der Waals surface area contributed by atoms with Gasteiger partial charge in [-0.1, -0.05) is 59.1 Å². The van der Waals surface area contributed by atoms with Gasteiger partial charge in [-0.3, -0.25) is 10.1 Å². The average molecular weight is 287 g/mol. The summed E-state index contributed by atoms with van der Waals surface area (Å²) in [4.78, 5) is 10.0. The number of nitrogens with zero attached hydrogens (tertiary/aromatic N) is 1. The van der Waals surface area contributed by atoms with Crippen LogP contribution < -0.4 is 0 Å². The maximum atomic E-state index is 10.7. The molecular weight excluding hydrogens is 284 g/mol. The van der Waals surface area contributed by atoms with Crippen LogP contribution in [0.25, 0.3) is 6.08 Å². The van der Waals surface area contributed by atoms with Crippen molar-refractivity contribution in [3.8, 4) is 0 Å². The molecule has 3 nitrogen and oxygen atoms in total. The maximum absolute atomic E-state index is 10.7. The largest absolute Gasteiger partial charge is 0.298 e. The number of benzene rings is 1. The monoisotopic (exact) mass is 285 g/mol. The fraction of sp³-hybridized carbons (Fsp3) is 0. The number of nitro benzene ring substituents is 1. The molecule has 0 saturated carbocycles. The van der Waals surface area contributed by atoms with Crippen LogP contribution in [-0.4, -0.2) is 4.92 Å². The van der Waals surface area contributed by atoms with Crippen molar-refractivity contribution in [1.82, 2.24) is 0 Å². The van der Waals surface area contributed by atoms with Gasteiger partial charge in [-0.15, -0.1) is 0 Å². The third kappa shape index (κ3) is 2.06. The fourth-order valence-electron chi connectivity index (χ4n) is 1.00. The van der Waals surface area contributed by atoms with E-state index in [9.17, 15) is 10.1 Å². The van der Waals surface area contributed by atoms with E-state index in [1.54, 1.807) is 0 Å². The Morgan fingerprint density at radius 3 is 1.93 bits per heavy atom. The molecular formula is C8H3Cl4NO2. The summed E-state index contributed by atoms with van der Waals surface area (Å²) in [6.45, 7) is 3.40. The van der Waals surface area contributed by atoms with Crippen LogP contribution in [0.2, 0.25) is 20.1 Å². The van der Waals surface area contributed by atoms with Gasteiger partial charge in [-0.05, 0) is 0 Å². The third-order valence-corrected chi connectivity index (χ3v) is 3.47. The Bertz CT molecular complexity index is 459. The number of hydrogen-bond acceptors (Lipinski definition) is 2. The van der Waals surface area contributed by atoms with Gasteiger partial charge in [0, 0.05) is 0 Å². The average Bonchev–Trinajstić information content (AvgIpc) is 2.19. The van der Waals surface area contributed by atoms with Crippen LogP contribution in [0.4, 0.5) is 5.69 Å². The normalized spacial score (nSPS) is 10.1. The quantitative estimate of drug-likeness (QED) is 0.337. The Morgan fingerprint density at radius 2 is 1.53 bits per heavy atom. The van der Waals surface area contributed by atoms with Crippen LogP contribution in [0, 0.1) is 10.1 Å². The molecule has 0 bridgehead atoms. The van der Waals surface area contributed by atoms with Crippen LogP contribution in [0.3, 0.4) is 0 Å². The number of hydrogen-bond donors (Lipinski definition) is 0. The van der Waals surface area contributed by atoms with E-state index in [0.29, 0.717) is 0 Å². The molecule has 0 aliphatic carbocycles. The summed E-state index contributed by atoms with van der Waals surface area (Å²) in [5.41, 5.74) is -0.341. The van der Waals surface area contributed by atoms with E-state index >= 15 is 0 Å². The van der Waals surface area contributed by atoms with E-state index < -0.39 is 10.6 Å². The predicted octanol–water partition coefficient (Wildman–Crippen LogP) is 4.85. The lowest BCUT2D eigenvalue weighted by Gasteiger charge is -2.07. The summed E-state index contributed by atoms with van der Waals surface area (Å²) in [6.07, 6.45) is 1.20. The Kier molecular flexibility index (Phi) is 3.84. The van der Waals surface area contributed by atoms with Gasteiger partial charge in [0.15, 0.2) is 0 Å². The van der Waals surface area contributed by atoms with Gasteiger partial charge in [0.1, 0.15) is 5.02 Å². The molecule has 0 aliphatic heterocycles. The van der Waals surface area contributed by atoms with Crippen molar-refractivity contribution in [3.63, 3.8) is 0 Å². The van der Waals surface area contributed by atoms with Crippen LogP contribution in [0.1, 0.15) is 5.56 Å². The lowest BCUT2D eigenvalue weighted by Crippen LogP contribution is -1.95. The van der Waals surface area contributed by atoms with Crippen molar-refractivity contribution in [3.05, 3.63) is 42.3 Å². The Labute approximate surface area is 105 Å². The molecule has 0 radical (unpaired) electrons. The zero-order valence-corrected chi connectivity index (χ0v) is 10.1. The lowest BCUT2D eigenvalue weighted by atomic mass is 10.2. The molecule has 0 atom stereocenters. The molecule has 0 aliphatic rings. The number of nitro groups is 1. The molecule has 15 heavy (non-hydrogen) atoms. The maximum Gasteiger partial charge on any atom is 0.298 e. The van der Waals surface area contributed by atoms with Crippen LogP contribution in [-0.2, 0) is 0 Å². The highest BCUT2D eigenvalue weighted by Gasteiger charge is 2.26. The molecule has 7 heteroatoms. The Balaban J connectivity index is 3.78. The summed E-state index contributed by atoms with van der Waals surface area (Å²) in [5, 5.41) is 10.3. The van der Waals surface area contributed by atoms with E-state index in [1.807, 2.05) is 0 Å². The molecule has 80 valence electrons. The third-order valence-electron chi connectivity index (χ3n) is 1.66. The van der Waals surface area contributed by atoms with Crippen molar-refractivity contribution >= 4 is 58.2 Å². The molecule has 0 spiro atoms. The lowest BCUT2D eigenvalue weighted by molar-refractivity contribution is -0.384. The van der Waals surface area contributed by atoms with Gasteiger partial charge in [0.25, 0.3) is 5.69 Å². The predicted molar refractivity (Wildman–Crippen MR) is 63.2 cm³/mol. The smallest absolute Gasteiger partial charge is 0.258 e. The first kappa shape index (κ1) is 12.6. The standard InChI is InChI=1S/C8H3Cl4NO2/c1-2-3-4(9)5(10)6(11)7(12)8(3)13(14)15/h2H,1H2. The highest BCUT2D eigenvalue weighted by atomic mass is 35.5. The summed E-state index contributed by atoms with van der Waals surface area (Å²) in [7, 11) is 0. The van der Waals surface area contributed by atoms with Gasteiger partial charge in [0.05, 0.1) is 25.6 Å². The number of rotatable bonds is 2. The van der Waals surface area contributed by atoms with E-state index in [-0.39, 0.29) is 25.7 Å². The highest BCUT2D eigenvalue weighted by Crippen LogP contribution is 2.45. The molecule has 1 aromatic carbocycles. The van der Waals surface area contributed by atoms with E-state index in [4.69, 9.17) is 46.4 Å². The van der Waals surface area contributed by atoms with Crippen LogP contribution in [0.5, 0.6) is 0 Å². The summed E-state index contributed by atoms with van der Waals surface area (Å²) in [6, 6.07) is 0. The van der Waals surface area contributed by atoms with E-state index in [1.165, 1.54) is 6.08 Å². The van der Waals surface area contributed by atoms with Crippen LogP contribution in [0.15, 0.2) is 6.58 Å². The number of halogens is 4. The summed E-state index contributed by atoms with van der Waals surface area (Å²) < 4.78 is 0. The van der Waals surface area contributed by atoms with Crippen molar-refractivity contribution in [1.29, 1.82) is 0 Å². The zero-order chi connectivity index (χ0) is 11.7. The summed E-state index contributed by atoms with van der Waals surface area (Å²) in [5.74, 6) is 0. The van der Waals surface area contributed by atoms with Crippen LogP contribution >= 0.6 is 46.4 Å². The minimum absolute atomic E-state index is 0.0242. The molecule has 0 aromatic heterocycles. The highest BCUT2D eigenvalue weighted by molar-refractivity contribution is 6.53. The Hall–Kier alpha value is -0.480. The molecule has 0 N–H and O–H groups in total. The molecule has 0 unspecified atom stereocenters. The fourth-order valence-corrected chi connectivity index (χ4v) is 2.01. The van der Waals surface area contributed by atoms with Crippen molar-refractivity contribution < 1.29 is 4.92 Å². The molecule has 0 heterocycles. The zero-order valence-electron chi connectivity index (χ0n) is 7.06. The Morgan fingerprint density at radius 1 is 1.07 bits per heavy atom. The van der Waals surface area contributed by atoms with Gasteiger partial charge < -0.3 is 0 Å². The van der Waals surface area contributed by atoms with Gasteiger partial charge in [-0.2, -0.15) is 0 Å². The first-order valence-corrected chi connectivity index (χ1v) is 5.05. The molecule has 0 fully saturated rings. The topological polar surface area (TPSA) is 43.1 Å². The van der Waals surface area contributed by atoms with E-state index in [2.05, 4.69) is 6.58 Å². The molecule has 0 saturated heterocycles. The summed E-state index contributed by atoms with van der Waals surface area (Å²) >= 11 is 22.9. The SMILES string of the molecule is C=Cc1c(Cl)c(Cl)c(Cl)c(Cl)c1[N+](=O)[O-]. The second kappa shape index (κ2) is 4.58. The van der Waals surface area contributed by atoms with Gasteiger partial charge in [-0.25, -0.2) is 0 Å². The first-order chi connectivity index (χ1) is 6.91. The minimum atomic E-state index is -0.687. The van der Waals surface area contributed by atoms with Gasteiger partial charge in [0.2, 0.25) is 0 Å². The van der Waals surface area contributed by atoms with Crippen molar-refractivity contribution in [2.24, 2.45) is 0 Å². The minimum Gasteiger partial charge on any atom is -0.258 e.